The van der Waals surface area contributed by atoms with Crippen LogP contribution in [0.25, 0.3) is 0 Å². The number of hydrogen-bond donors (Lipinski definition) is 2. The van der Waals surface area contributed by atoms with Crippen LogP contribution in [-0.2, 0) is 6.54 Å². The number of aromatic nitrogens is 1. The van der Waals surface area contributed by atoms with Gasteiger partial charge in [-0.25, -0.2) is 8.78 Å². The molecule has 0 aliphatic rings. The second-order valence-corrected chi connectivity index (χ2v) is 5.04. The smallest absolute Gasteiger partial charge is 0.268 e. The molecule has 0 atom stereocenters. The molecule has 0 aliphatic heterocycles. The van der Waals surface area contributed by atoms with Crippen LogP contribution in [-0.4, -0.2) is 10.9 Å². The normalized spacial score (nSPS) is 10.3. The van der Waals surface area contributed by atoms with Crippen molar-refractivity contribution in [1.29, 1.82) is 0 Å². The number of carbonyl (C=O) groups excluding carboxylic acids is 1. The maximum Gasteiger partial charge on any atom is 0.268 e. The average molecular weight is 286 g/mol. The Bertz CT molecular complexity index is 636. The van der Waals surface area contributed by atoms with Gasteiger partial charge in [0.1, 0.15) is 5.69 Å². The highest BCUT2D eigenvalue weighted by atomic mass is 32.1. The van der Waals surface area contributed by atoms with Crippen molar-refractivity contribution in [2.24, 2.45) is 0 Å². The molecule has 0 bridgehead atoms. The number of aromatic amines is 1. The first-order valence-corrected chi connectivity index (χ1v) is 6.25. The van der Waals surface area contributed by atoms with E-state index in [0.29, 0.717) is 15.2 Å². The fraction of sp³-hybridized carbons (Fsp3) is 0.0909. The van der Waals surface area contributed by atoms with Gasteiger partial charge in [-0.15, -0.1) is 11.3 Å². The Kier molecular flexibility index (Phi) is 3.83. The Morgan fingerprint density at radius 3 is 2.78 bits per heavy atom. The SMILES string of the molecule is O=C(NCc1ccc(F)c(F)c1)c1csc(=S)[nH]1. The second kappa shape index (κ2) is 5.36. The first kappa shape index (κ1) is 12.8. The molecule has 1 aromatic carbocycles. The molecule has 0 unspecified atom stereocenters. The van der Waals surface area contributed by atoms with Gasteiger partial charge < -0.3 is 10.3 Å². The van der Waals surface area contributed by atoms with Gasteiger partial charge in [0.2, 0.25) is 0 Å². The number of rotatable bonds is 3. The summed E-state index contributed by atoms with van der Waals surface area (Å²) in [6.07, 6.45) is 0. The van der Waals surface area contributed by atoms with E-state index in [0.717, 1.165) is 12.1 Å². The van der Waals surface area contributed by atoms with Crippen molar-refractivity contribution in [2.75, 3.05) is 0 Å². The van der Waals surface area contributed by atoms with Crippen molar-refractivity contribution in [3.05, 3.63) is 50.4 Å². The average Bonchev–Trinajstić information content (AvgIpc) is 2.77. The maximum absolute atomic E-state index is 12.9. The summed E-state index contributed by atoms with van der Waals surface area (Å²) in [5, 5.41) is 4.18. The monoisotopic (exact) mass is 286 g/mol. The molecule has 7 heteroatoms. The third-order valence-corrected chi connectivity index (χ3v) is 3.26. The summed E-state index contributed by atoms with van der Waals surface area (Å²) in [5.74, 6) is -2.18. The molecule has 94 valence electrons. The molecule has 0 aliphatic carbocycles. The highest BCUT2D eigenvalue weighted by Crippen LogP contribution is 2.09. The predicted molar refractivity (Wildman–Crippen MR) is 67.0 cm³/mol. The Hall–Kier alpha value is -1.60. The van der Waals surface area contributed by atoms with E-state index < -0.39 is 11.6 Å². The van der Waals surface area contributed by atoms with Crippen LogP contribution in [0.1, 0.15) is 16.1 Å². The number of H-pyrrole nitrogens is 1. The number of hydrogen-bond acceptors (Lipinski definition) is 3. The molecule has 1 amide bonds. The van der Waals surface area contributed by atoms with Crippen LogP contribution in [0.3, 0.4) is 0 Å². The lowest BCUT2D eigenvalue weighted by Gasteiger charge is -2.04. The highest BCUT2D eigenvalue weighted by molar-refractivity contribution is 7.73. The van der Waals surface area contributed by atoms with E-state index in [2.05, 4.69) is 10.3 Å². The van der Waals surface area contributed by atoms with E-state index >= 15 is 0 Å². The molecule has 0 saturated heterocycles. The van der Waals surface area contributed by atoms with Gasteiger partial charge in [0, 0.05) is 11.9 Å². The largest absolute Gasteiger partial charge is 0.347 e. The van der Waals surface area contributed by atoms with Gasteiger partial charge in [0.25, 0.3) is 5.91 Å². The molecule has 18 heavy (non-hydrogen) atoms. The molecule has 2 rings (SSSR count). The molecule has 3 nitrogen and oxygen atoms in total. The summed E-state index contributed by atoms with van der Waals surface area (Å²) in [5.41, 5.74) is 0.837. The van der Waals surface area contributed by atoms with Crippen molar-refractivity contribution >= 4 is 29.5 Å². The van der Waals surface area contributed by atoms with Crippen LogP contribution in [0, 0.1) is 15.6 Å². The van der Waals surface area contributed by atoms with E-state index in [1.54, 1.807) is 5.38 Å². The highest BCUT2D eigenvalue weighted by Gasteiger charge is 2.08. The lowest BCUT2D eigenvalue weighted by Crippen LogP contribution is -2.23. The number of halogens is 2. The fourth-order valence-corrected chi connectivity index (χ4v) is 2.13. The molecule has 1 heterocycles. The zero-order valence-corrected chi connectivity index (χ0v) is 10.6. The molecule has 2 aromatic rings. The Morgan fingerprint density at radius 1 is 1.39 bits per heavy atom. The molecular formula is C11H8F2N2OS2. The minimum atomic E-state index is -0.934. The van der Waals surface area contributed by atoms with E-state index in [9.17, 15) is 13.6 Å². The zero-order valence-electron chi connectivity index (χ0n) is 9.00. The van der Waals surface area contributed by atoms with Crippen molar-refractivity contribution in [1.82, 2.24) is 10.3 Å². The quantitative estimate of drug-likeness (QED) is 0.852. The standard InChI is InChI=1S/C11H8F2N2OS2/c12-7-2-1-6(3-8(7)13)4-14-10(16)9-5-18-11(17)15-9/h1-3,5H,4H2,(H,14,16)(H,15,17). The number of benzene rings is 1. The summed E-state index contributed by atoms with van der Waals surface area (Å²) < 4.78 is 26.1. The predicted octanol–water partition coefficient (Wildman–Crippen LogP) is 3.01. The number of carbonyl (C=O) groups is 1. The minimum absolute atomic E-state index is 0.118. The Balaban J connectivity index is 2.01. The van der Waals surface area contributed by atoms with Gasteiger partial charge >= 0.3 is 0 Å². The van der Waals surface area contributed by atoms with Crippen molar-refractivity contribution in [3.8, 4) is 0 Å². The van der Waals surface area contributed by atoms with Gasteiger partial charge in [-0.2, -0.15) is 0 Å². The summed E-state index contributed by atoms with van der Waals surface area (Å²) in [7, 11) is 0. The van der Waals surface area contributed by atoms with Crippen LogP contribution < -0.4 is 5.32 Å². The van der Waals surface area contributed by atoms with E-state index in [1.807, 2.05) is 0 Å². The number of thiazole rings is 1. The molecule has 0 spiro atoms. The van der Waals surface area contributed by atoms with Crippen LogP contribution in [0.15, 0.2) is 23.6 Å². The van der Waals surface area contributed by atoms with E-state index in [-0.39, 0.29) is 12.5 Å². The minimum Gasteiger partial charge on any atom is -0.347 e. The molecule has 0 radical (unpaired) electrons. The molecule has 2 N–H and O–H groups in total. The van der Waals surface area contributed by atoms with Crippen molar-refractivity contribution in [2.45, 2.75) is 6.54 Å². The molecule has 0 fully saturated rings. The van der Waals surface area contributed by atoms with E-state index in [1.165, 1.54) is 17.4 Å². The van der Waals surface area contributed by atoms with Gasteiger partial charge in [-0.3, -0.25) is 4.79 Å². The first-order chi connectivity index (χ1) is 8.56. The summed E-state index contributed by atoms with van der Waals surface area (Å²) in [4.78, 5) is 14.4. The molecular weight excluding hydrogens is 278 g/mol. The maximum atomic E-state index is 12.9. The van der Waals surface area contributed by atoms with E-state index in [4.69, 9.17) is 12.2 Å². The van der Waals surface area contributed by atoms with Crippen molar-refractivity contribution in [3.63, 3.8) is 0 Å². The van der Waals surface area contributed by atoms with Gasteiger partial charge in [0.15, 0.2) is 15.6 Å². The summed E-state index contributed by atoms with van der Waals surface area (Å²) >= 11 is 6.10. The number of amides is 1. The second-order valence-electron chi connectivity index (χ2n) is 3.49. The van der Waals surface area contributed by atoms with Crippen LogP contribution in [0.4, 0.5) is 8.78 Å². The topological polar surface area (TPSA) is 44.9 Å². The Labute approximate surface area is 110 Å². The van der Waals surface area contributed by atoms with Crippen LogP contribution in [0.2, 0.25) is 0 Å². The van der Waals surface area contributed by atoms with Gasteiger partial charge in [-0.1, -0.05) is 6.07 Å². The summed E-state index contributed by atoms with van der Waals surface area (Å²) in [6.45, 7) is 0.118. The fourth-order valence-electron chi connectivity index (χ4n) is 1.32. The zero-order chi connectivity index (χ0) is 13.1. The lowest BCUT2D eigenvalue weighted by molar-refractivity contribution is 0.0946. The number of nitrogens with one attached hydrogen (secondary N) is 2. The lowest BCUT2D eigenvalue weighted by atomic mass is 10.2. The van der Waals surface area contributed by atoms with Crippen molar-refractivity contribution < 1.29 is 13.6 Å². The van der Waals surface area contributed by atoms with Gasteiger partial charge in [0.05, 0.1) is 0 Å². The van der Waals surface area contributed by atoms with Crippen LogP contribution in [0.5, 0.6) is 0 Å². The third-order valence-electron chi connectivity index (χ3n) is 2.20. The third kappa shape index (κ3) is 2.99. The molecule has 1 aromatic heterocycles. The van der Waals surface area contributed by atoms with Crippen LogP contribution >= 0.6 is 23.6 Å². The van der Waals surface area contributed by atoms with Gasteiger partial charge in [-0.05, 0) is 29.9 Å². The first-order valence-electron chi connectivity index (χ1n) is 4.96. The summed E-state index contributed by atoms with van der Waals surface area (Å²) in [6, 6.07) is 3.48. The molecule has 0 saturated carbocycles. The Morgan fingerprint density at radius 2 is 2.17 bits per heavy atom.